The van der Waals surface area contributed by atoms with Crippen LogP contribution in [0.5, 0.6) is 0 Å². The zero-order chi connectivity index (χ0) is 14.3. The van der Waals surface area contributed by atoms with Crippen LogP contribution in [0, 0.1) is 13.1 Å². The van der Waals surface area contributed by atoms with E-state index >= 15 is 0 Å². The summed E-state index contributed by atoms with van der Waals surface area (Å²) in [4.78, 5) is 8.51. The quantitative estimate of drug-likeness (QED) is 0.607. The summed E-state index contributed by atoms with van der Waals surface area (Å²) < 4.78 is 5.24. The molecule has 0 unspecified atom stereocenters. The van der Waals surface area contributed by atoms with Crippen LogP contribution in [-0.2, 0) is 4.74 Å². The summed E-state index contributed by atoms with van der Waals surface area (Å²) in [6, 6.07) is 0. The van der Waals surface area contributed by atoms with Crippen LogP contribution >= 0.6 is 0 Å². The van der Waals surface area contributed by atoms with Gasteiger partial charge in [0.15, 0.2) is 0 Å². The van der Waals surface area contributed by atoms with Crippen molar-refractivity contribution in [3.05, 3.63) is 57.8 Å². The maximum Gasteiger partial charge on any atom is 0.526 e. The van der Waals surface area contributed by atoms with Crippen molar-refractivity contribution in [1.82, 2.24) is 4.90 Å². The van der Waals surface area contributed by atoms with E-state index < -0.39 is 0 Å². The highest BCUT2D eigenvalue weighted by Crippen LogP contribution is 2.25. The van der Waals surface area contributed by atoms with Crippen molar-refractivity contribution in [2.24, 2.45) is 0 Å². The summed E-state index contributed by atoms with van der Waals surface area (Å²) >= 11 is 0. The Morgan fingerprint density at radius 2 is 1.79 bits per heavy atom. The molecule has 1 heterocycles. The number of ether oxygens (including phenoxy) is 1. The molecule has 19 heavy (non-hydrogen) atoms. The zero-order valence-electron chi connectivity index (χ0n) is 11.2. The first-order valence-electron chi connectivity index (χ1n) is 5.96. The minimum Gasteiger partial charge on any atom is -0.394 e. The van der Waals surface area contributed by atoms with E-state index in [0.29, 0.717) is 25.3 Å². The average molecular weight is 259 g/mol. The lowest BCUT2D eigenvalue weighted by atomic mass is 10.1. The van der Waals surface area contributed by atoms with E-state index in [1.165, 1.54) is 0 Å². The Bertz CT molecular complexity index is 466. The molecule has 0 amide bonds. The van der Waals surface area contributed by atoms with Crippen LogP contribution in [0.15, 0.2) is 34.9 Å². The fourth-order valence-electron chi connectivity index (χ4n) is 1.88. The number of rotatable bonds is 5. The van der Waals surface area contributed by atoms with E-state index in [0.717, 1.165) is 11.4 Å². The van der Waals surface area contributed by atoms with E-state index in [9.17, 15) is 0 Å². The van der Waals surface area contributed by atoms with Gasteiger partial charge in [-0.15, -0.1) is 0 Å². The molecule has 0 aromatic rings. The van der Waals surface area contributed by atoms with Gasteiger partial charge in [0.05, 0.1) is 25.4 Å². The number of nitrogens with zero attached hydrogens (tertiary/aromatic N) is 3. The standard InChI is InChI=1S/C14H17N3O2/c1-11-9-13(14(15-3)16-4)10-12(2)17(11)5-7-19-8-6-18/h9-10,18H,5-8H2,1-2H3. The molecule has 5 heteroatoms. The second-order valence-electron chi connectivity index (χ2n) is 4.06. The predicted molar refractivity (Wildman–Crippen MR) is 72.4 cm³/mol. The molecule has 0 saturated carbocycles. The third-order valence-corrected chi connectivity index (χ3v) is 2.75. The monoisotopic (exact) mass is 259 g/mol. The number of aliphatic hydroxyl groups excluding tert-OH is 1. The highest BCUT2D eigenvalue weighted by Gasteiger charge is 2.18. The minimum atomic E-state index is 0.0237. The third kappa shape index (κ3) is 3.96. The van der Waals surface area contributed by atoms with Gasteiger partial charge in [0, 0.05) is 17.9 Å². The Morgan fingerprint density at radius 3 is 2.26 bits per heavy atom. The Kier molecular flexibility index (Phi) is 5.81. The first kappa shape index (κ1) is 15.0. The molecule has 0 aromatic heterocycles. The number of allylic oxidation sites excluding steroid dienone is 5. The summed E-state index contributed by atoms with van der Waals surface area (Å²) in [5.74, 6) is 0.0925. The lowest BCUT2D eigenvalue weighted by Gasteiger charge is -2.29. The van der Waals surface area contributed by atoms with E-state index in [1.807, 2.05) is 26.0 Å². The SMILES string of the molecule is [C-]#[N+]C([N+]#[C-])=C1C=C(C)N(CCOCCO)C(C)=C1. The van der Waals surface area contributed by atoms with Crippen LogP contribution in [0.2, 0.25) is 0 Å². The molecule has 0 aromatic carbocycles. The molecule has 0 spiro atoms. The van der Waals surface area contributed by atoms with Gasteiger partial charge in [-0.2, -0.15) is 9.69 Å². The van der Waals surface area contributed by atoms with Crippen molar-refractivity contribution < 1.29 is 9.84 Å². The molecule has 1 N–H and O–H groups in total. The molecule has 100 valence electrons. The molecule has 1 aliphatic heterocycles. The molecule has 0 atom stereocenters. The van der Waals surface area contributed by atoms with Gasteiger partial charge in [-0.05, 0) is 26.0 Å². The normalized spacial score (nSPS) is 14.4. The number of hydrogen-bond acceptors (Lipinski definition) is 3. The maximum absolute atomic E-state index is 8.63. The highest BCUT2D eigenvalue weighted by atomic mass is 16.5. The smallest absolute Gasteiger partial charge is 0.394 e. The van der Waals surface area contributed by atoms with Gasteiger partial charge >= 0.3 is 5.82 Å². The number of aliphatic hydroxyl groups is 1. The molecule has 0 fully saturated rings. The van der Waals surface area contributed by atoms with Crippen molar-refractivity contribution >= 4 is 0 Å². The molecule has 5 nitrogen and oxygen atoms in total. The first-order valence-corrected chi connectivity index (χ1v) is 5.96. The van der Waals surface area contributed by atoms with Gasteiger partial charge in [-0.1, -0.05) is 0 Å². The van der Waals surface area contributed by atoms with Gasteiger partial charge in [0.1, 0.15) is 13.1 Å². The zero-order valence-corrected chi connectivity index (χ0v) is 11.2. The molecule has 0 radical (unpaired) electrons. The Hall–Kier alpha value is -2.08. The van der Waals surface area contributed by atoms with Crippen LogP contribution in [0.25, 0.3) is 9.69 Å². The maximum atomic E-state index is 8.63. The molecule has 0 saturated heterocycles. The summed E-state index contributed by atoms with van der Waals surface area (Å²) in [5.41, 5.74) is 2.62. The molecule has 0 aliphatic carbocycles. The van der Waals surface area contributed by atoms with E-state index in [-0.39, 0.29) is 12.4 Å². The van der Waals surface area contributed by atoms with Crippen molar-refractivity contribution in [2.75, 3.05) is 26.4 Å². The van der Waals surface area contributed by atoms with Gasteiger partial charge in [0.2, 0.25) is 0 Å². The summed E-state index contributed by atoms with van der Waals surface area (Å²) in [6.07, 6.45) is 3.68. The van der Waals surface area contributed by atoms with Crippen LogP contribution in [0.1, 0.15) is 13.8 Å². The second kappa shape index (κ2) is 7.38. The Balaban J connectivity index is 2.80. The molecular formula is C14H17N3O2. The highest BCUT2D eigenvalue weighted by molar-refractivity contribution is 5.46. The second-order valence-corrected chi connectivity index (χ2v) is 4.06. The average Bonchev–Trinajstić information content (AvgIpc) is 2.38. The lowest BCUT2D eigenvalue weighted by Crippen LogP contribution is -2.26. The topological polar surface area (TPSA) is 41.4 Å². The fraction of sp³-hybridized carbons (Fsp3) is 0.429. The Labute approximate surface area is 113 Å². The van der Waals surface area contributed by atoms with Crippen molar-refractivity contribution in [3.63, 3.8) is 0 Å². The van der Waals surface area contributed by atoms with Crippen LogP contribution in [0.3, 0.4) is 0 Å². The van der Waals surface area contributed by atoms with Crippen molar-refractivity contribution in [2.45, 2.75) is 13.8 Å². The summed E-state index contributed by atoms with van der Waals surface area (Å²) in [6.45, 7) is 19.4. The van der Waals surface area contributed by atoms with E-state index in [2.05, 4.69) is 14.6 Å². The van der Waals surface area contributed by atoms with Gasteiger partial charge in [-0.25, -0.2) is 0 Å². The first-order chi connectivity index (χ1) is 9.13. The van der Waals surface area contributed by atoms with Crippen LogP contribution in [0.4, 0.5) is 0 Å². The van der Waals surface area contributed by atoms with E-state index in [4.69, 9.17) is 23.0 Å². The molecule has 1 rings (SSSR count). The molecular weight excluding hydrogens is 242 g/mol. The van der Waals surface area contributed by atoms with Crippen LogP contribution < -0.4 is 0 Å². The fourth-order valence-corrected chi connectivity index (χ4v) is 1.88. The molecule has 0 bridgehead atoms. The third-order valence-electron chi connectivity index (χ3n) is 2.75. The van der Waals surface area contributed by atoms with Crippen molar-refractivity contribution in [3.8, 4) is 0 Å². The van der Waals surface area contributed by atoms with Gasteiger partial charge < -0.3 is 14.7 Å². The van der Waals surface area contributed by atoms with Crippen molar-refractivity contribution in [1.29, 1.82) is 0 Å². The largest absolute Gasteiger partial charge is 0.526 e. The van der Waals surface area contributed by atoms with Gasteiger partial charge in [-0.3, -0.25) is 0 Å². The molecule has 1 aliphatic rings. The minimum absolute atomic E-state index is 0.0237. The summed E-state index contributed by atoms with van der Waals surface area (Å²) in [5, 5.41) is 8.63. The van der Waals surface area contributed by atoms with Gasteiger partial charge in [0.25, 0.3) is 0 Å². The van der Waals surface area contributed by atoms with Crippen LogP contribution in [-0.4, -0.2) is 36.4 Å². The van der Waals surface area contributed by atoms with E-state index in [1.54, 1.807) is 0 Å². The summed E-state index contributed by atoms with van der Waals surface area (Å²) in [7, 11) is 0. The number of hydrogen-bond donors (Lipinski definition) is 1. The Morgan fingerprint density at radius 1 is 1.21 bits per heavy atom. The predicted octanol–water partition coefficient (Wildman–Crippen LogP) is 2.17. The lowest BCUT2D eigenvalue weighted by molar-refractivity contribution is 0.0837.